The van der Waals surface area contributed by atoms with Crippen molar-refractivity contribution in [3.05, 3.63) is 0 Å². The lowest BCUT2D eigenvalue weighted by Crippen LogP contribution is -2.45. The zero-order valence-corrected chi connectivity index (χ0v) is 23.7. The van der Waals surface area contributed by atoms with Crippen molar-refractivity contribution < 1.29 is 8.85 Å². The smallest absolute Gasteiger partial charge is 0.337 e. The van der Waals surface area contributed by atoms with E-state index >= 15 is 0 Å². The van der Waals surface area contributed by atoms with Crippen molar-refractivity contribution in [1.82, 2.24) is 0 Å². The highest BCUT2D eigenvalue weighted by Gasteiger charge is 2.37. The van der Waals surface area contributed by atoms with Crippen LogP contribution >= 0.6 is 0 Å². The fourth-order valence-corrected chi connectivity index (χ4v) is 7.88. The van der Waals surface area contributed by atoms with E-state index in [9.17, 15) is 0 Å². The Morgan fingerprint density at radius 3 is 1.38 bits per heavy atom. The van der Waals surface area contributed by atoms with Gasteiger partial charge in [0.25, 0.3) is 0 Å². The molecule has 0 atom stereocenters. The molecular weight excluding hydrogens is 408 g/mol. The van der Waals surface area contributed by atoms with Crippen molar-refractivity contribution in [2.24, 2.45) is 5.92 Å². The second kappa shape index (κ2) is 20.5. The number of rotatable bonds is 22. The molecule has 0 bridgehead atoms. The second-order valence-electron chi connectivity index (χ2n) is 10.8. The van der Waals surface area contributed by atoms with Crippen LogP contribution in [0, 0.1) is 5.92 Å². The molecule has 0 heterocycles. The molecule has 0 aromatic heterocycles. The monoisotopic (exact) mass is 468 g/mol. The molecule has 1 rings (SSSR count). The summed E-state index contributed by atoms with van der Waals surface area (Å²) in [5, 5.41) is 0. The van der Waals surface area contributed by atoms with Gasteiger partial charge in [-0.1, -0.05) is 124 Å². The summed E-state index contributed by atoms with van der Waals surface area (Å²) in [5.41, 5.74) is 0. The topological polar surface area (TPSA) is 18.5 Å². The van der Waals surface area contributed by atoms with Crippen LogP contribution < -0.4 is 0 Å². The molecule has 0 aromatic rings. The van der Waals surface area contributed by atoms with E-state index in [-0.39, 0.29) is 0 Å². The summed E-state index contributed by atoms with van der Waals surface area (Å²) in [5.74, 6) is 0.889. The first kappa shape index (κ1) is 30.2. The predicted octanol–water partition coefficient (Wildman–Crippen LogP) is 10.3. The van der Waals surface area contributed by atoms with Crippen molar-refractivity contribution in [1.29, 1.82) is 0 Å². The van der Waals surface area contributed by atoms with Gasteiger partial charge in [-0.3, -0.25) is 0 Å². The van der Waals surface area contributed by atoms with Crippen LogP contribution in [0.4, 0.5) is 0 Å². The average Bonchev–Trinajstić information content (AvgIpc) is 2.81. The maximum atomic E-state index is 6.67. The quantitative estimate of drug-likeness (QED) is 0.116. The van der Waals surface area contributed by atoms with Gasteiger partial charge in [-0.15, -0.1) is 0 Å². The Labute approximate surface area is 204 Å². The third-order valence-electron chi connectivity index (χ3n) is 7.78. The Hall–Kier alpha value is 0.137. The van der Waals surface area contributed by atoms with Gasteiger partial charge in [0.05, 0.1) is 0 Å². The minimum atomic E-state index is -1.96. The normalized spacial score (nSPS) is 19.5. The van der Waals surface area contributed by atoms with E-state index in [2.05, 4.69) is 27.7 Å². The number of unbranched alkanes of at least 4 members (excludes halogenated alkanes) is 15. The fourth-order valence-electron chi connectivity index (χ4n) is 5.21. The van der Waals surface area contributed by atoms with Crippen LogP contribution in [0.25, 0.3) is 0 Å². The molecule has 0 radical (unpaired) electrons. The van der Waals surface area contributed by atoms with E-state index in [0.29, 0.717) is 6.10 Å². The molecule has 32 heavy (non-hydrogen) atoms. The van der Waals surface area contributed by atoms with Gasteiger partial charge in [0.1, 0.15) is 0 Å². The molecule has 2 nitrogen and oxygen atoms in total. The Kier molecular flexibility index (Phi) is 19.3. The van der Waals surface area contributed by atoms with Crippen LogP contribution in [-0.2, 0) is 8.85 Å². The highest BCUT2D eigenvalue weighted by atomic mass is 28.4. The zero-order chi connectivity index (χ0) is 23.3. The summed E-state index contributed by atoms with van der Waals surface area (Å²) >= 11 is 0. The van der Waals surface area contributed by atoms with Gasteiger partial charge in [0.15, 0.2) is 0 Å². The zero-order valence-electron chi connectivity index (χ0n) is 22.7. The molecule has 1 aliphatic carbocycles. The molecule has 0 spiro atoms. The number of hydrogen-bond donors (Lipinski definition) is 0. The molecule has 0 amide bonds. The Bertz CT molecular complexity index is 389. The molecule has 0 saturated heterocycles. The molecule has 0 unspecified atom stereocenters. The van der Waals surface area contributed by atoms with Crippen molar-refractivity contribution in [3.63, 3.8) is 0 Å². The lowest BCUT2D eigenvalue weighted by atomic mass is 9.89. The van der Waals surface area contributed by atoms with Crippen LogP contribution in [0.2, 0.25) is 12.1 Å². The van der Waals surface area contributed by atoms with E-state index in [1.54, 1.807) is 0 Å². The highest BCUT2D eigenvalue weighted by Crippen LogP contribution is 2.30. The van der Waals surface area contributed by atoms with E-state index in [1.807, 2.05) is 0 Å². The Morgan fingerprint density at radius 1 is 0.562 bits per heavy atom. The van der Waals surface area contributed by atoms with Gasteiger partial charge in [-0.05, 0) is 50.1 Å². The lowest BCUT2D eigenvalue weighted by Gasteiger charge is -2.36. The molecule has 192 valence electrons. The van der Waals surface area contributed by atoms with Gasteiger partial charge in [-0.25, -0.2) is 0 Å². The summed E-state index contributed by atoms with van der Waals surface area (Å²) in [7, 11) is -1.96. The third kappa shape index (κ3) is 15.1. The Morgan fingerprint density at radius 2 is 0.969 bits per heavy atom. The van der Waals surface area contributed by atoms with Crippen LogP contribution in [0.15, 0.2) is 0 Å². The molecule has 1 fully saturated rings. The van der Waals surface area contributed by atoms with Crippen LogP contribution in [0.1, 0.15) is 156 Å². The number of hydrogen-bond acceptors (Lipinski definition) is 2. The maximum Gasteiger partial charge on any atom is 0.337 e. The third-order valence-corrected chi connectivity index (χ3v) is 11.4. The van der Waals surface area contributed by atoms with E-state index in [4.69, 9.17) is 8.85 Å². The fraction of sp³-hybridized carbons (Fsp3) is 1.00. The van der Waals surface area contributed by atoms with Gasteiger partial charge in [-0.2, -0.15) is 0 Å². The standard InChI is InChI=1S/C29H60O2Si/c1-5-8-9-10-11-12-13-14-15-16-17-18-19-20-21-22-27-30-32(6-2,7-3)31-29-25-23-28(4)24-26-29/h28-29H,5-27H2,1-4H3. The predicted molar refractivity (Wildman–Crippen MR) is 145 cm³/mol. The summed E-state index contributed by atoms with van der Waals surface area (Å²) < 4.78 is 13.2. The molecule has 1 aliphatic rings. The van der Waals surface area contributed by atoms with Gasteiger partial charge >= 0.3 is 8.56 Å². The Balaban J connectivity index is 1.92. The molecule has 0 N–H and O–H groups in total. The summed E-state index contributed by atoms with van der Waals surface area (Å²) in [6.07, 6.45) is 28.4. The SMILES string of the molecule is CCCCCCCCCCCCCCCCCCO[Si](CC)(CC)OC1CCC(C)CC1. The maximum absolute atomic E-state index is 6.67. The molecular formula is C29H60O2Si. The lowest BCUT2D eigenvalue weighted by molar-refractivity contribution is 0.0756. The first-order chi connectivity index (χ1) is 15.7. The van der Waals surface area contributed by atoms with E-state index in [1.165, 1.54) is 128 Å². The molecule has 0 aromatic carbocycles. The first-order valence-electron chi connectivity index (χ1n) is 15.0. The van der Waals surface area contributed by atoms with E-state index in [0.717, 1.165) is 24.6 Å². The van der Waals surface area contributed by atoms with Crippen molar-refractivity contribution in [2.75, 3.05) is 6.61 Å². The summed E-state index contributed by atoms with van der Waals surface area (Å²) in [6.45, 7) is 10.2. The minimum Gasteiger partial charge on any atom is -0.394 e. The highest BCUT2D eigenvalue weighted by molar-refractivity contribution is 6.67. The largest absolute Gasteiger partial charge is 0.394 e. The van der Waals surface area contributed by atoms with Crippen LogP contribution in [0.5, 0.6) is 0 Å². The van der Waals surface area contributed by atoms with Crippen LogP contribution in [0.3, 0.4) is 0 Å². The molecule has 1 saturated carbocycles. The second-order valence-corrected chi connectivity index (χ2v) is 14.5. The van der Waals surface area contributed by atoms with Crippen molar-refractivity contribution >= 4 is 8.56 Å². The summed E-state index contributed by atoms with van der Waals surface area (Å²) in [6, 6.07) is 2.21. The molecule has 0 aliphatic heterocycles. The van der Waals surface area contributed by atoms with Crippen molar-refractivity contribution in [2.45, 2.75) is 174 Å². The minimum absolute atomic E-state index is 0.476. The van der Waals surface area contributed by atoms with Crippen LogP contribution in [-0.4, -0.2) is 21.3 Å². The summed E-state index contributed by atoms with van der Waals surface area (Å²) in [4.78, 5) is 0. The average molecular weight is 469 g/mol. The van der Waals surface area contributed by atoms with Crippen molar-refractivity contribution in [3.8, 4) is 0 Å². The van der Waals surface area contributed by atoms with Gasteiger partial charge < -0.3 is 8.85 Å². The first-order valence-corrected chi connectivity index (χ1v) is 17.2. The van der Waals surface area contributed by atoms with E-state index < -0.39 is 8.56 Å². The van der Waals surface area contributed by atoms with Gasteiger partial charge in [0, 0.05) is 12.7 Å². The van der Waals surface area contributed by atoms with Gasteiger partial charge in [0.2, 0.25) is 0 Å². The molecule has 3 heteroatoms.